The first-order chi connectivity index (χ1) is 15.1. The number of anilines is 3. The van der Waals surface area contributed by atoms with E-state index in [9.17, 15) is 4.79 Å². The molecule has 0 radical (unpaired) electrons. The third-order valence-corrected chi connectivity index (χ3v) is 5.85. The van der Waals surface area contributed by atoms with Crippen molar-refractivity contribution in [3.8, 4) is 5.75 Å². The molecule has 160 valence electrons. The molecule has 31 heavy (non-hydrogen) atoms. The van der Waals surface area contributed by atoms with E-state index in [-0.39, 0.29) is 5.91 Å². The van der Waals surface area contributed by atoms with Gasteiger partial charge in [0.2, 0.25) is 11.9 Å². The number of thiophene rings is 1. The van der Waals surface area contributed by atoms with Gasteiger partial charge in [-0.1, -0.05) is 6.07 Å². The smallest absolute Gasteiger partial charge is 0.246 e. The average molecular weight is 436 g/mol. The number of ether oxygens (including phenoxy) is 1. The molecule has 1 N–H and O–H groups in total. The van der Waals surface area contributed by atoms with Crippen LogP contribution in [0.5, 0.6) is 5.75 Å². The van der Waals surface area contributed by atoms with Gasteiger partial charge in [0.25, 0.3) is 0 Å². The SMILES string of the molecule is COc1ccc(Nc2cc(C)nc(N3CCN(C(=O)/C=C/c4cccs4)CC3)n2)cc1. The van der Waals surface area contributed by atoms with E-state index in [1.54, 1.807) is 24.5 Å². The van der Waals surface area contributed by atoms with Gasteiger partial charge in [0, 0.05) is 54.6 Å². The summed E-state index contributed by atoms with van der Waals surface area (Å²) in [5.41, 5.74) is 1.82. The molecule has 8 heteroatoms. The van der Waals surface area contributed by atoms with Crippen LogP contribution in [0.3, 0.4) is 0 Å². The Morgan fingerprint density at radius 2 is 1.90 bits per heavy atom. The number of aromatic nitrogens is 2. The van der Waals surface area contributed by atoms with E-state index in [2.05, 4.69) is 15.2 Å². The third kappa shape index (κ3) is 5.40. The minimum absolute atomic E-state index is 0.0417. The Morgan fingerprint density at radius 3 is 2.58 bits per heavy atom. The van der Waals surface area contributed by atoms with Crippen LogP contribution in [0.25, 0.3) is 6.08 Å². The number of rotatable bonds is 6. The van der Waals surface area contributed by atoms with Gasteiger partial charge in [-0.3, -0.25) is 4.79 Å². The molecule has 1 amide bonds. The van der Waals surface area contributed by atoms with Gasteiger partial charge in [0.05, 0.1) is 7.11 Å². The molecule has 3 aromatic rings. The quantitative estimate of drug-likeness (QED) is 0.591. The van der Waals surface area contributed by atoms with Crippen molar-refractivity contribution in [2.24, 2.45) is 0 Å². The van der Waals surface area contributed by atoms with Crippen LogP contribution in [-0.2, 0) is 4.79 Å². The number of nitrogens with zero attached hydrogens (tertiary/aromatic N) is 4. The molecule has 0 aliphatic carbocycles. The Hall–Kier alpha value is -3.39. The number of hydrogen-bond donors (Lipinski definition) is 1. The fourth-order valence-electron chi connectivity index (χ4n) is 3.35. The maximum atomic E-state index is 12.5. The summed E-state index contributed by atoms with van der Waals surface area (Å²) < 4.78 is 5.20. The predicted molar refractivity (Wildman–Crippen MR) is 125 cm³/mol. The molecule has 2 aromatic heterocycles. The van der Waals surface area contributed by atoms with Gasteiger partial charge < -0.3 is 19.9 Å². The van der Waals surface area contributed by atoms with E-state index >= 15 is 0 Å². The van der Waals surface area contributed by atoms with Gasteiger partial charge in [-0.05, 0) is 48.7 Å². The molecule has 0 spiro atoms. The van der Waals surface area contributed by atoms with Gasteiger partial charge in [0.15, 0.2) is 0 Å². The number of hydrogen-bond acceptors (Lipinski definition) is 7. The van der Waals surface area contributed by atoms with Crippen LogP contribution in [0, 0.1) is 6.92 Å². The first-order valence-electron chi connectivity index (χ1n) is 10.1. The molecule has 0 saturated carbocycles. The Balaban J connectivity index is 1.38. The Labute approximate surface area is 186 Å². The molecule has 1 fully saturated rings. The molecule has 0 unspecified atom stereocenters. The molecule has 4 rings (SSSR count). The van der Waals surface area contributed by atoms with Crippen molar-refractivity contribution in [1.82, 2.24) is 14.9 Å². The summed E-state index contributed by atoms with van der Waals surface area (Å²) in [4.78, 5) is 26.8. The summed E-state index contributed by atoms with van der Waals surface area (Å²) in [6.45, 7) is 4.64. The maximum Gasteiger partial charge on any atom is 0.246 e. The molecule has 0 bridgehead atoms. The second-order valence-electron chi connectivity index (χ2n) is 7.21. The summed E-state index contributed by atoms with van der Waals surface area (Å²) in [7, 11) is 1.65. The van der Waals surface area contributed by atoms with E-state index in [1.165, 1.54) is 0 Å². The first kappa shape index (κ1) is 20.9. The van der Waals surface area contributed by atoms with Crippen LogP contribution in [0.15, 0.2) is 53.9 Å². The van der Waals surface area contributed by atoms with Gasteiger partial charge >= 0.3 is 0 Å². The lowest BCUT2D eigenvalue weighted by atomic mass is 10.3. The van der Waals surface area contributed by atoms with E-state index in [1.807, 2.05) is 65.7 Å². The number of aryl methyl sites for hydroxylation is 1. The summed E-state index contributed by atoms with van der Waals surface area (Å²) in [6.07, 6.45) is 3.53. The van der Waals surface area contributed by atoms with Crippen LogP contribution in [0.1, 0.15) is 10.6 Å². The summed E-state index contributed by atoms with van der Waals surface area (Å²) in [6, 6.07) is 13.6. The number of methoxy groups -OCH3 is 1. The third-order valence-electron chi connectivity index (χ3n) is 5.01. The van der Waals surface area contributed by atoms with E-state index in [0.29, 0.717) is 32.1 Å². The Morgan fingerprint density at radius 1 is 1.13 bits per heavy atom. The normalized spacial score (nSPS) is 14.1. The molecule has 3 heterocycles. The van der Waals surface area contributed by atoms with Gasteiger partial charge in [-0.25, -0.2) is 4.98 Å². The van der Waals surface area contributed by atoms with Crippen LogP contribution in [0.4, 0.5) is 17.5 Å². The maximum absolute atomic E-state index is 12.5. The van der Waals surface area contributed by atoms with Crippen molar-refractivity contribution in [1.29, 1.82) is 0 Å². The van der Waals surface area contributed by atoms with Gasteiger partial charge in [-0.15, -0.1) is 11.3 Å². The predicted octanol–water partition coefficient (Wildman–Crippen LogP) is 3.96. The van der Waals surface area contributed by atoms with Crippen molar-refractivity contribution >= 4 is 40.8 Å². The zero-order chi connectivity index (χ0) is 21.6. The van der Waals surface area contributed by atoms with Crippen LogP contribution in [0.2, 0.25) is 0 Å². The minimum Gasteiger partial charge on any atom is -0.497 e. The van der Waals surface area contributed by atoms with E-state index in [0.717, 1.165) is 27.8 Å². The van der Waals surface area contributed by atoms with Crippen molar-refractivity contribution in [2.45, 2.75) is 6.92 Å². The number of benzene rings is 1. The van der Waals surface area contributed by atoms with Crippen molar-refractivity contribution in [2.75, 3.05) is 43.5 Å². The van der Waals surface area contributed by atoms with Crippen molar-refractivity contribution in [3.05, 3.63) is 64.5 Å². The highest BCUT2D eigenvalue weighted by atomic mass is 32.1. The number of carbonyl (C=O) groups is 1. The minimum atomic E-state index is 0.0417. The summed E-state index contributed by atoms with van der Waals surface area (Å²) >= 11 is 1.62. The topological polar surface area (TPSA) is 70.6 Å². The van der Waals surface area contributed by atoms with Crippen LogP contribution in [-0.4, -0.2) is 54.1 Å². The van der Waals surface area contributed by atoms with E-state index in [4.69, 9.17) is 9.72 Å². The van der Waals surface area contributed by atoms with Crippen molar-refractivity contribution < 1.29 is 9.53 Å². The summed E-state index contributed by atoms with van der Waals surface area (Å²) in [5, 5.41) is 5.33. The first-order valence-corrected chi connectivity index (χ1v) is 11.0. The molecular formula is C23H25N5O2S. The Kier molecular flexibility index (Phi) is 6.47. The number of carbonyl (C=O) groups excluding carboxylic acids is 1. The van der Waals surface area contributed by atoms with E-state index < -0.39 is 0 Å². The molecule has 7 nitrogen and oxygen atoms in total. The molecule has 1 aliphatic heterocycles. The zero-order valence-corrected chi connectivity index (χ0v) is 18.4. The Bertz CT molecular complexity index is 1040. The molecular weight excluding hydrogens is 410 g/mol. The average Bonchev–Trinajstić information content (AvgIpc) is 3.31. The molecule has 1 saturated heterocycles. The van der Waals surface area contributed by atoms with Crippen molar-refractivity contribution in [3.63, 3.8) is 0 Å². The molecule has 1 aliphatic rings. The van der Waals surface area contributed by atoms with Gasteiger partial charge in [0.1, 0.15) is 11.6 Å². The highest BCUT2D eigenvalue weighted by Crippen LogP contribution is 2.21. The molecule has 1 aromatic carbocycles. The van der Waals surface area contributed by atoms with Crippen LogP contribution < -0.4 is 15.0 Å². The second-order valence-corrected chi connectivity index (χ2v) is 8.19. The number of piperazine rings is 1. The van der Waals surface area contributed by atoms with Crippen LogP contribution >= 0.6 is 11.3 Å². The zero-order valence-electron chi connectivity index (χ0n) is 17.6. The fraction of sp³-hybridized carbons (Fsp3) is 0.261. The lowest BCUT2D eigenvalue weighted by Crippen LogP contribution is -2.48. The number of nitrogens with one attached hydrogen (secondary N) is 1. The standard InChI is InChI=1S/C23H25N5O2S/c1-17-16-21(25-18-5-7-19(30-2)8-6-18)26-23(24-17)28-13-11-27(12-14-28)22(29)10-9-20-4-3-15-31-20/h3-10,15-16H,11-14H2,1-2H3,(H,24,25,26)/b10-9+. The molecule has 0 atom stereocenters. The summed E-state index contributed by atoms with van der Waals surface area (Å²) in [5.74, 6) is 2.27. The number of amides is 1. The van der Waals surface area contributed by atoms with Gasteiger partial charge in [-0.2, -0.15) is 4.98 Å². The monoisotopic (exact) mass is 435 g/mol. The highest BCUT2D eigenvalue weighted by molar-refractivity contribution is 7.10. The fourth-order valence-corrected chi connectivity index (χ4v) is 3.97. The second kappa shape index (κ2) is 9.61. The lowest BCUT2D eigenvalue weighted by Gasteiger charge is -2.34. The lowest BCUT2D eigenvalue weighted by molar-refractivity contribution is -0.126. The highest BCUT2D eigenvalue weighted by Gasteiger charge is 2.22. The largest absolute Gasteiger partial charge is 0.497 e.